The summed E-state index contributed by atoms with van der Waals surface area (Å²) in [5, 5.41) is 0. The van der Waals surface area contributed by atoms with Crippen molar-refractivity contribution in [3.63, 3.8) is 0 Å². The first-order valence-corrected chi connectivity index (χ1v) is 7.93. The van der Waals surface area contributed by atoms with Crippen LogP contribution in [0.25, 0.3) is 0 Å². The van der Waals surface area contributed by atoms with E-state index in [0.717, 1.165) is 10.5 Å². The van der Waals surface area contributed by atoms with Gasteiger partial charge >= 0.3 is 5.97 Å². The smallest absolute Gasteiger partial charge is 0.326 e. The van der Waals surface area contributed by atoms with E-state index in [1.165, 1.54) is 0 Å². The third kappa shape index (κ3) is 3.38. The molecule has 0 radical (unpaired) electrons. The van der Waals surface area contributed by atoms with Crippen LogP contribution in [0.2, 0.25) is 0 Å². The normalized spacial score (nSPS) is 12.9. The van der Waals surface area contributed by atoms with E-state index in [1.54, 1.807) is 36.4 Å². The predicted molar refractivity (Wildman–Crippen MR) is 89.2 cm³/mol. The van der Waals surface area contributed by atoms with Crippen LogP contribution in [0.4, 0.5) is 0 Å². The first-order chi connectivity index (χ1) is 12.1. The fraction of sp³-hybridized carbons (Fsp3) is 0.211. The van der Waals surface area contributed by atoms with Gasteiger partial charge in [0.1, 0.15) is 18.9 Å². The molecular weight excluding hydrogens is 322 g/mol. The van der Waals surface area contributed by atoms with Gasteiger partial charge in [-0.25, -0.2) is 0 Å². The number of nitrogens with zero attached hydrogens (tertiary/aromatic N) is 1. The SMILES string of the molecule is CCOc1ccccc1COC(=O)CN1C(=O)c2ccccc2C1=O. The minimum Gasteiger partial charge on any atom is -0.493 e. The van der Waals surface area contributed by atoms with Gasteiger partial charge in [0.15, 0.2) is 0 Å². The molecule has 1 heterocycles. The number of hydrogen-bond acceptors (Lipinski definition) is 5. The van der Waals surface area contributed by atoms with E-state index in [-0.39, 0.29) is 6.61 Å². The molecular formula is C19H17NO5. The molecule has 0 aromatic heterocycles. The fourth-order valence-electron chi connectivity index (χ4n) is 2.64. The molecule has 0 N–H and O–H groups in total. The highest BCUT2D eigenvalue weighted by molar-refractivity contribution is 6.22. The highest BCUT2D eigenvalue weighted by Crippen LogP contribution is 2.23. The Bertz CT molecular complexity index is 795. The first-order valence-electron chi connectivity index (χ1n) is 7.93. The lowest BCUT2D eigenvalue weighted by Crippen LogP contribution is -2.35. The van der Waals surface area contributed by atoms with Gasteiger partial charge in [-0.2, -0.15) is 0 Å². The molecule has 0 fully saturated rings. The van der Waals surface area contributed by atoms with Gasteiger partial charge in [0.25, 0.3) is 11.8 Å². The molecule has 6 heteroatoms. The Morgan fingerprint density at radius 3 is 2.20 bits per heavy atom. The van der Waals surface area contributed by atoms with Gasteiger partial charge in [0.05, 0.1) is 17.7 Å². The second-order valence-electron chi connectivity index (χ2n) is 5.44. The van der Waals surface area contributed by atoms with E-state index in [0.29, 0.717) is 23.5 Å². The highest BCUT2D eigenvalue weighted by Gasteiger charge is 2.36. The van der Waals surface area contributed by atoms with Crippen molar-refractivity contribution < 1.29 is 23.9 Å². The molecule has 1 aliphatic rings. The van der Waals surface area contributed by atoms with Crippen LogP contribution < -0.4 is 4.74 Å². The molecule has 0 aliphatic carbocycles. The van der Waals surface area contributed by atoms with E-state index in [2.05, 4.69) is 0 Å². The molecule has 0 spiro atoms. The van der Waals surface area contributed by atoms with Crippen molar-refractivity contribution in [1.29, 1.82) is 0 Å². The van der Waals surface area contributed by atoms with Gasteiger partial charge in [0.2, 0.25) is 0 Å². The van der Waals surface area contributed by atoms with E-state index < -0.39 is 24.3 Å². The summed E-state index contributed by atoms with van der Waals surface area (Å²) in [6.45, 7) is 1.96. The summed E-state index contributed by atoms with van der Waals surface area (Å²) in [6, 6.07) is 13.7. The number of amides is 2. The monoisotopic (exact) mass is 339 g/mol. The molecule has 2 aromatic rings. The predicted octanol–water partition coefficient (Wildman–Crippen LogP) is 2.42. The van der Waals surface area contributed by atoms with Crippen LogP contribution in [-0.2, 0) is 16.1 Å². The summed E-state index contributed by atoms with van der Waals surface area (Å²) >= 11 is 0. The topological polar surface area (TPSA) is 72.9 Å². The Kier molecular flexibility index (Phi) is 4.79. The zero-order valence-electron chi connectivity index (χ0n) is 13.7. The minimum absolute atomic E-state index is 0.0121. The van der Waals surface area contributed by atoms with E-state index in [1.807, 2.05) is 19.1 Å². The zero-order chi connectivity index (χ0) is 17.8. The number of ether oxygens (including phenoxy) is 2. The standard InChI is InChI=1S/C19H17NO5/c1-2-24-16-10-6-3-7-13(16)12-25-17(21)11-20-18(22)14-8-4-5-9-15(14)19(20)23/h3-10H,2,11-12H2,1H3. The van der Waals surface area contributed by atoms with Crippen molar-refractivity contribution in [2.24, 2.45) is 0 Å². The summed E-state index contributed by atoms with van der Waals surface area (Å²) < 4.78 is 10.7. The number of rotatable bonds is 6. The maximum absolute atomic E-state index is 12.2. The lowest BCUT2D eigenvalue weighted by Gasteiger charge is -2.14. The number of hydrogen-bond donors (Lipinski definition) is 0. The van der Waals surface area contributed by atoms with Crippen LogP contribution in [0, 0.1) is 0 Å². The summed E-state index contributed by atoms with van der Waals surface area (Å²) in [4.78, 5) is 37.4. The van der Waals surface area contributed by atoms with E-state index >= 15 is 0 Å². The molecule has 0 saturated carbocycles. The second-order valence-corrected chi connectivity index (χ2v) is 5.44. The molecule has 128 valence electrons. The van der Waals surface area contributed by atoms with Crippen LogP contribution in [0.1, 0.15) is 33.2 Å². The molecule has 0 atom stereocenters. The third-order valence-corrected chi connectivity index (χ3v) is 3.83. The largest absolute Gasteiger partial charge is 0.493 e. The molecule has 0 bridgehead atoms. The van der Waals surface area contributed by atoms with Crippen LogP contribution in [0.5, 0.6) is 5.75 Å². The van der Waals surface area contributed by atoms with Crippen molar-refractivity contribution in [3.8, 4) is 5.75 Å². The first kappa shape index (κ1) is 16.7. The summed E-state index contributed by atoms with van der Waals surface area (Å²) in [5.41, 5.74) is 1.34. The maximum Gasteiger partial charge on any atom is 0.326 e. The molecule has 6 nitrogen and oxygen atoms in total. The van der Waals surface area contributed by atoms with E-state index in [4.69, 9.17) is 9.47 Å². The second kappa shape index (κ2) is 7.17. The quantitative estimate of drug-likeness (QED) is 0.597. The van der Waals surface area contributed by atoms with Crippen molar-refractivity contribution >= 4 is 17.8 Å². The van der Waals surface area contributed by atoms with Crippen molar-refractivity contribution in [1.82, 2.24) is 4.90 Å². The maximum atomic E-state index is 12.2. The highest BCUT2D eigenvalue weighted by atomic mass is 16.5. The van der Waals surface area contributed by atoms with Crippen LogP contribution >= 0.6 is 0 Å². The Hall–Kier alpha value is -3.15. The van der Waals surface area contributed by atoms with Crippen LogP contribution in [-0.4, -0.2) is 35.8 Å². The molecule has 1 aliphatic heterocycles. The average molecular weight is 339 g/mol. The summed E-state index contributed by atoms with van der Waals surface area (Å²) in [6.07, 6.45) is 0. The number of fused-ring (bicyclic) bond motifs is 1. The molecule has 3 rings (SSSR count). The Labute approximate surface area is 145 Å². The molecule has 25 heavy (non-hydrogen) atoms. The molecule has 0 unspecified atom stereocenters. The fourth-order valence-corrected chi connectivity index (χ4v) is 2.64. The van der Waals surface area contributed by atoms with Crippen molar-refractivity contribution in [3.05, 3.63) is 65.2 Å². The Morgan fingerprint density at radius 1 is 0.960 bits per heavy atom. The van der Waals surface area contributed by atoms with Gasteiger partial charge in [-0.3, -0.25) is 19.3 Å². The van der Waals surface area contributed by atoms with Crippen LogP contribution in [0.15, 0.2) is 48.5 Å². The molecule has 0 saturated heterocycles. The number of esters is 1. The third-order valence-electron chi connectivity index (χ3n) is 3.83. The van der Waals surface area contributed by atoms with Gasteiger partial charge in [-0.1, -0.05) is 30.3 Å². The number of carbonyl (C=O) groups excluding carboxylic acids is 3. The van der Waals surface area contributed by atoms with Gasteiger partial charge in [-0.15, -0.1) is 0 Å². The minimum atomic E-state index is -0.652. The average Bonchev–Trinajstić information content (AvgIpc) is 2.87. The van der Waals surface area contributed by atoms with E-state index in [9.17, 15) is 14.4 Å². The number of imide groups is 1. The Balaban J connectivity index is 1.63. The van der Waals surface area contributed by atoms with Gasteiger partial charge < -0.3 is 9.47 Å². The molecule has 2 amide bonds. The lowest BCUT2D eigenvalue weighted by molar-refractivity contribution is -0.145. The van der Waals surface area contributed by atoms with Gasteiger partial charge in [-0.05, 0) is 25.1 Å². The number of carbonyl (C=O) groups is 3. The summed E-state index contributed by atoms with van der Waals surface area (Å²) in [7, 11) is 0. The number of para-hydroxylation sites is 1. The molecule has 2 aromatic carbocycles. The lowest BCUT2D eigenvalue weighted by atomic mass is 10.1. The number of benzene rings is 2. The van der Waals surface area contributed by atoms with Crippen LogP contribution in [0.3, 0.4) is 0 Å². The Morgan fingerprint density at radius 2 is 1.56 bits per heavy atom. The summed E-state index contributed by atoms with van der Waals surface area (Å²) in [5.74, 6) is -0.973. The van der Waals surface area contributed by atoms with Crippen molar-refractivity contribution in [2.75, 3.05) is 13.2 Å². The van der Waals surface area contributed by atoms with Crippen molar-refractivity contribution in [2.45, 2.75) is 13.5 Å². The van der Waals surface area contributed by atoms with Gasteiger partial charge in [0, 0.05) is 5.56 Å². The zero-order valence-corrected chi connectivity index (χ0v) is 13.7.